The molecule has 0 heterocycles. The van der Waals surface area contributed by atoms with Gasteiger partial charge in [-0.25, -0.2) is 0 Å². The van der Waals surface area contributed by atoms with Crippen molar-refractivity contribution in [3.8, 4) is 11.5 Å². The average Bonchev–Trinajstić information content (AvgIpc) is 2.68. The van der Waals surface area contributed by atoms with Crippen LogP contribution in [0.2, 0.25) is 0 Å². The number of hydrogen-bond donors (Lipinski definition) is 4. The number of aliphatic hydroxyl groups is 2. The highest BCUT2D eigenvalue weighted by molar-refractivity contribution is 6.18. The summed E-state index contributed by atoms with van der Waals surface area (Å²) in [6, 6.07) is 14.4. The maximum atomic E-state index is 9.30. The predicted molar refractivity (Wildman–Crippen MR) is 113 cm³/mol. The topological polar surface area (TPSA) is 90.2 Å². The van der Waals surface area contributed by atoms with Gasteiger partial charge in [0.25, 0.3) is 0 Å². The third-order valence-corrected chi connectivity index (χ3v) is 4.87. The summed E-state index contributed by atoms with van der Waals surface area (Å²) in [7, 11) is 0. The van der Waals surface area contributed by atoms with E-state index in [4.69, 9.17) is 38.2 Å². The molecule has 7 heteroatoms. The number of halogens is 2. The maximum Gasteiger partial charge on any atom is 0.115 e. The molecule has 2 aromatic rings. The van der Waals surface area contributed by atoms with E-state index in [1.165, 1.54) is 0 Å². The minimum atomic E-state index is -0.667. The number of phenols is 2. The first-order chi connectivity index (χ1) is 13.2. The second-order valence-electron chi connectivity index (χ2n) is 6.87. The van der Waals surface area contributed by atoms with E-state index in [9.17, 15) is 10.2 Å². The molecule has 2 atom stereocenters. The lowest BCUT2D eigenvalue weighted by Gasteiger charge is -2.26. The third-order valence-electron chi connectivity index (χ3n) is 4.15. The highest BCUT2D eigenvalue weighted by Gasteiger charge is 2.22. The summed E-state index contributed by atoms with van der Waals surface area (Å²) in [5.41, 5.74) is 2.10. The van der Waals surface area contributed by atoms with E-state index < -0.39 is 12.2 Å². The first-order valence-corrected chi connectivity index (χ1v) is 9.92. The molecule has 0 amide bonds. The van der Waals surface area contributed by atoms with Crippen molar-refractivity contribution < 1.29 is 25.2 Å². The smallest absolute Gasteiger partial charge is 0.115 e. The molecule has 0 aliphatic carbocycles. The molecular weight excluding hydrogens is 403 g/mol. The Morgan fingerprint density at radius 1 is 0.750 bits per heavy atom. The first kappa shape index (κ1) is 24.5. The quantitative estimate of drug-likeness (QED) is 0.480. The first-order valence-electron chi connectivity index (χ1n) is 8.85. The number of alkyl halides is 2. The standard InChI is InChI=1S/C15H16O2.C6H12Cl2O3/c1-15(2,11-3-7-13(16)8-4-11)12-5-9-14(17)10-6-12;7-1-5(9)3-11-4-6(10)2-8/h3-10,16-17H,1-2H3;5-6,9-10H,1-4H2. The van der Waals surface area contributed by atoms with Gasteiger partial charge in [-0.2, -0.15) is 0 Å². The lowest BCUT2D eigenvalue weighted by molar-refractivity contribution is 0.00593. The van der Waals surface area contributed by atoms with Crippen LogP contribution in [0.3, 0.4) is 0 Å². The minimum absolute atomic E-state index is 0.136. The van der Waals surface area contributed by atoms with Crippen molar-refractivity contribution in [2.45, 2.75) is 31.5 Å². The van der Waals surface area contributed by atoms with Crippen LogP contribution in [-0.2, 0) is 10.2 Å². The molecule has 0 fully saturated rings. The van der Waals surface area contributed by atoms with Gasteiger partial charge in [0.05, 0.1) is 37.2 Å². The summed E-state index contributed by atoms with van der Waals surface area (Å²) in [6.07, 6.45) is -1.33. The van der Waals surface area contributed by atoms with Crippen LogP contribution in [0.25, 0.3) is 0 Å². The number of benzene rings is 2. The molecule has 0 bridgehead atoms. The van der Waals surface area contributed by atoms with Gasteiger partial charge in [0, 0.05) is 5.41 Å². The SMILES string of the molecule is CC(C)(c1ccc(O)cc1)c1ccc(O)cc1.OC(CCl)COCC(O)CCl. The zero-order valence-electron chi connectivity index (χ0n) is 16.1. The van der Waals surface area contributed by atoms with E-state index in [0.717, 1.165) is 11.1 Å². The molecule has 156 valence electrons. The monoisotopic (exact) mass is 430 g/mol. The normalized spacial score (nSPS) is 13.4. The highest BCUT2D eigenvalue weighted by atomic mass is 35.5. The predicted octanol–water partition coefficient (Wildman–Crippen LogP) is 3.63. The fraction of sp³-hybridized carbons (Fsp3) is 0.429. The second-order valence-corrected chi connectivity index (χ2v) is 7.49. The highest BCUT2D eigenvalue weighted by Crippen LogP contribution is 2.32. The van der Waals surface area contributed by atoms with Crippen LogP contribution in [0.5, 0.6) is 11.5 Å². The van der Waals surface area contributed by atoms with Crippen molar-refractivity contribution in [3.05, 3.63) is 59.7 Å². The molecule has 2 rings (SSSR count). The van der Waals surface area contributed by atoms with E-state index in [2.05, 4.69) is 13.8 Å². The molecule has 4 N–H and O–H groups in total. The van der Waals surface area contributed by atoms with Crippen molar-refractivity contribution in [2.24, 2.45) is 0 Å². The zero-order valence-corrected chi connectivity index (χ0v) is 17.6. The molecule has 0 radical (unpaired) electrons. The van der Waals surface area contributed by atoms with Crippen molar-refractivity contribution >= 4 is 23.2 Å². The zero-order chi connectivity index (χ0) is 21.2. The number of ether oxygens (including phenoxy) is 1. The number of hydrogen-bond acceptors (Lipinski definition) is 5. The van der Waals surface area contributed by atoms with Crippen LogP contribution >= 0.6 is 23.2 Å². The lowest BCUT2D eigenvalue weighted by Crippen LogP contribution is -2.23. The molecule has 0 saturated heterocycles. The van der Waals surface area contributed by atoms with Gasteiger partial charge in [0.2, 0.25) is 0 Å². The van der Waals surface area contributed by atoms with Crippen LogP contribution < -0.4 is 0 Å². The van der Waals surface area contributed by atoms with Crippen LogP contribution in [0.15, 0.2) is 48.5 Å². The molecule has 2 aromatic carbocycles. The summed E-state index contributed by atoms with van der Waals surface area (Å²) in [6.45, 7) is 4.51. The Morgan fingerprint density at radius 3 is 1.36 bits per heavy atom. The minimum Gasteiger partial charge on any atom is -0.508 e. The maximum absolute atomic E-state index is 9.30. The molecule has 0 aliphatic rings. The Hall–Kier alpha value is -1.50. The molecule has 28 heavy (non-hydrogen) atoms. The van der Waals surface area contributed by atoms with E-state index in [0.29, 0.717) is 0 Å². The van der Waals surface area contributed by atoms with E-state index in [1.807, 2.05) is 24.3 Å². The number of phenolic OH excluding ortho intramolecular Hbond substituents is 2. The fourth-order valence-corrected chi connectivity index (χ4v) is 2.53. The number of aromatic hydroxyl groups is 2. The van der Waals surface area contributed by atoms with Gasteiger partial charge >= 0.3 is 0 Å². The van der Waals surface area contributed by atoms with Crippen LogP contribution in [0.1, 0.15) is 25.0 Å². The Morgan fingerprint density at radius 2 is 1.07 bits per heavy atom. The van der Waals surface area contributed by atoms with Gasteiger partial charge in [0.15, 0.2) is 0 Å². The Kier molecular flexibility index (Phi) is 10.6. The molecule has 0 aliphatic heterocycles. The van der Waals surface area contributed by atoms with E-state index in [-0.39, 0.29) is 41.9 Å². The van der Waals surface area contributed by atoms with Crippen molar-refractivity contribution in [1.82, 2.24) is 0 Å². The average molecular weight is 431 g/mol. The molecule has 0 aromatic heterocycles. The summed E-state index contributed by atoms with van der Waals surface area (Å²) >= 11 is 10.6. The summed E-state index contributed by atoms with van der Waals surface area (Å²) in [5.74, 6) is 0.819. The second kappa shape index (κ2) is 12.1. The van der Waals surface area contributed by atoms with Gasteiger partial charge in [-0.1, -0.05) is 38.1 Å². The largest absolute Gasteiger partial charge is 0.508 e. The van der Waals surface area contributed by atoms with Gasteiger partial charge < -0.3 is 25.2 Å². The summed E-state index contributed by atoms with van der Waals surface area (Å²) < 4.78 is 4.87. The van der Waals surface area contributed by atoms with Gasteiger partial charge in [-0.3, -0.25) is 0 Å². The van der Waals surface area contributed by atoms with Crippen molar-refractivity contribution in [1.29, 1.82) is 0 Å². The fourth-order valence-electron chi connectivity index (χ4n) is 2.35. The Labute approximate surface area is 176 Å². The Balaban J connectivity index is 0.000000311. The lowest BCUT2D eigenvalue weighted by atomic mass is 9.78. The third kappa shape index (κ3) is 8.25. The Bertz CT molecular complexity index is 617. The molecule has 0 spiro atoms. The van der Waals surface area contributed by atoms with Crippen molar-refractivity contribution in [3.63, 3.8) is 0 Å². The molecular formula is C21H28Cl2O5. The van der Waals surface area contributed by atoms with Crippen molar-refractivity contribution in [2.75, 3.05) is 25.0 Å². The molecule has 0 saturated carbocycles. The van der Waals surface area contributed by atoms with Gasteiger partial charge in [0.1, 0.15) is 11.5 Å². The number of aliphatic hydroxyl groups excluding tert-OH is 2. The van der Waals surface area contributed by atoms with Crippen LogP contribution in [-0.4, -0.2) is 57.6 Å². The summed E-state index contributed by atoms with van der Waals surface area (Å²) in [4.78, 5) is 0. The van der Waals surface area contributed by atoms with E-state index in [1.54, 1.807) is 24.3 Å². The molecule has 5 nitrogen and oxygen atoms in total. The van der Waals surface area contributed by atoms with Gasteiger partial charge in [-0.15, -0.1) is 23.2 Å². The number of rotatable bonds is 8. The van der Waals surface area contributed by atoms with Crippen LogP contribution in [0, 0.1) is 0 Å². The molecule has 2 unspecified atom stereocenters. The van der Waals surface area contributed by atoms with E-state index >= 15 is 0 Å². The summed E-state index contributed by atoms with van der Waals surface area (Å²) in [5, 5.41) is 36.3. The van der Waals surface area contributed by atoms with Crippen LogP contribution in [0.4, 0.5) is 0 Å². The van der Waals surface area contributed by atoms with Gasteiger partial charge in [-0.05, 0) is 35.4 Å².